The third kappa shape index (κ3) is 0.966. The van der Waals surface area contributed by atoms with E-state index in [1.54, 1.807) is 0 Å². The molecule has 0 radical (unpaired) electrons. The second kappa shape index (κ2) is 2.06. The molecule has 0 spiro atoms. The van der Waals surface area contributed by atoms with E-state index in [0.29, 0.717) is 11.7 Å². The number of ketones is 1. The van der Waals surface area contributed by atoms with Gasteiger partial charge in [-0.15, -0.1) is 0 Å². The second-order valence-corrected chi connectivity index (χ2v) is 3.53. The summed E-state index contributed by atoms with van der Waals surface area (Å²) < 4.78 is 0. The summed E-state index contributed by atoms with van der Waals surface area (Å²) in [4.78, 5) is 13.4. The lowest BCUT2D eigenvalue weighted by atomic mass is 10.1. The van der Waals surface area contributed by atoms with Gasteiger partial charge < -0.3 is 0 Å². The van der Waals surface area contributed by atoms with Gasteiger partial charge in [0.15, 0.2) is 5.78 Å². The average Bonchev–Trinajstić information content (AvgIpc) is 2.64. The Hall–Kier alpha value is -0.370. The topological polar surface area (TPSA) is 20.3 Å². The molecule has 2 rings (SSSR count). The lowest BCUT2D eigenvalue weighted by Gasteiger charge is -2.11. The van der Waals surface area contributed by atoms with Crippen molar-refractivity contribution in [2.45, 2.75) is 25.8 Å². The molecule has 0 aromatic rings. The van der Waals surface area contributed by atoms with E-state index in [1.165, 1.54) is 12.8 Å². The van der Waals surface area contributed by atoms with Gasteiger partial charge in [-0.1, -0.05) is 6.92 Å². The molecule has 0 unspecified atom stereocenters. The van der Waals surface area contributed by atoms with Crippen molar-refractivity contribution in [2.75, 3.05) is 13.1 Å². The zero-order valence-corrected chi connectivity index (χ0v) is 6.34. The first kappa shape index (κ1) is 6.35. The van der Waals surface area contributed by atoms with Gasteiger partial charge in [-0.3, -0.25) is 9.69 Å². The highest BCUT2D eigenvalue weighted by atomic mass is 16.1. The van der Waals surface area contributed by atoms with Crippen molar-refractivity contribution < 1.29 is 4.79 Å². The maximum atomic E-state index is 11.1. The molecule has 2 nitrogen and oxygen atoms in total. The molecule has 0 N–H and O–H groups in total. The standard InChI is InChI=1S/C8H13NO/c1-6-4-9(5-8(6)10)7-2-3-7/h6-7H,2-5H2,1H3/t6-/m0/s1. The van der Waals surface area contributed by atoms with E-state index in [9.17, 15) is 4.79 Å². The molecular formula is C8H13NO. The molecule has 2 heteroatoms. The van der Waals surface area contributed by atoms with Crippen LogP contribution in [0.2, 0.25) is 0 Å². The molecule has 1 aliphatic heterocycles. The van der Waals surface area contributed by atoms with Gasteiger partial charge in [0.1, 0.15) is 0 Å². The number of Topliss-reactive ketones (excluding diaryl/α,β-unsaturated/α-hetero) is 1. The minimum absolute atomic E-state index is 0.306. The molecule has 0 amide bonds. The molecule has 0 aromatic carbocycles. The minimum atomic E-state index is 0.306. The van der Waals surface area contributed by atoms with Crippen molar-refractivity contribution >= 4 is 5.78 Å². The predicted octanol–water partition coefficient (Wildman–Crippen LogP) is 0.670. The molecule has 10 heavy (non-hydrogen) atoms. The van der Waals surface area contributed by atoms with E-state index in [0.717, 1.165) is 19.1 Å². The second-order valence-electron chi connectivity index (χ2n) is 3.53. The Morgan fingerprint density at radius 2 is 2.20 bits per heavy atom. The van der Waals surface area contributed by atoms with Crippen LogP contribution in [-0.4, -0.2) is 29.8 Å². The monoisotopic (exact) mass is 139 g/mol. The number of hydrogen-bond acceptors (Lipinski definition) is 2. The minimum Gasteiger partial charge on any atom is -0.298 e. The molecule has 1 saturated heterocycles. The summed E-state index contributed by atoms with van der Waals surface area (Å²) in [5.74, 6) is 0.743. The molecule has 1 heterocycles. The first-order chi connectivity index (χ1) is 4.77. The van der Waals surface area contributed by atoms with Crippen molar-refractivity contribution in [3.63, 3.8) is 0 Å². The highest BCUT2D eigenvalue weighted by Crippen LogP contribution is 2.30. The number of rotatable bonds is 1. The van der Waals surface area contributed by atoms with Gasteiger partial charge in [-0.05, 0) is 12.8 Å². The Morgan fingerprint density at radius 3 is 2.60 bits per heavy atom. The molecule has 1 atom stereocenters. The smallest absolute Gasteiger partial charge is 0.150 e. The van der Waals surface area contributed by atoms with Crippen molar-refractivity contribution in [3.05, 3.63) is 0 Å². The third-order valence-corrected chi connectivity index (χ3v) is 2.48. The summed E-state index contributed by atoms with van der Waals surface area (Å²) in [6.45, 7) is 3.78. The maximum Gasteiger partial charge on any atom is 0.150 e. The molecule has 2 fully saturated rings. The quantitative estimate of drug-likeness (QED) is 0.532. The van der Waals surface area contributed by atoms with E-state index < -0.39 is 0 Å². The molecule has 1 saturated carbocycles. The van der Waals surface area contributed by atoms with Crippen LogP contribution in [-0.2, 0) is 4.79 Å². The fraction of sp³-hybridized carbons (Fsp3) is 0.875. The van der Waals surface area contributed by atoms with E-state index in [1.807, 2.05) is 6.92 Å². The first-order valence-electron chi connectivity index (χ1n) is 4.04. The van der Waals surface area contributed by atoms with E-state index >= 15 is 0 Å². The molecule has 2 aliphatic rings. The Bertz CT molecular complexity index is 163. The van der Waals surface area contributed by atoms with E-state index in [2.05, 4.69) is 4.90 Å². The van der Waals surface area contributed by atoms with Gasteiger partial charge in [-0.25, -0.2) is 0 Å². The van der Waals surface area contributed by atoms with Crippen molar-refractivity contribution in [1.82, 2.24) is 4.90 Å². The summed E-state index contributed by atoms with van der Waals surface area (Å²) in [5.41, 5.74) is 0. The lowest BCUT2D eigenvalue weighted by molar-refractivity contribution is -0.119. The largest absolute Gasteiger partial charge is 0.298 e. The van der Waals surface area contributed by atoms with Gasteiger partial charge in [0, 0.05) is 18.5 Å². The summed E-state index contributed by atoms with van der Waals surface area (Å²) in [5, 5.41) is 0. The number of nitrogens with zero attached hydrogens (tertiary/aromatic N) is 1. The van der Waals surface area contributed by atoms with E-state index in [-0.39, 0.29) is 0 Å². The van der Waals surface area contributed by atoms with Crippen molar-refractivity contribution in [2.24, 2.45) is 5.92 Å². The summed E-state index contributed by atoms with van der Waals surface area (Å²) in [6, 6.07) is 0.772. The van der Waals surface area contributed by atoms with Gasteiger partial charge >= 0.3 is 0 Å². The van der Waals surface area contributed by atoms with Crippen molar-refractivity contribution in [1.29, 1.82) is 0 Å². The highest BCUT2D eigenvalue weighted by Gasteiger charge is 2.36. The predicted molar refractivity (Wildman–Crippen MR) is 38.8 cm³/mol. The van der Waals surface area contributed by atoms with Crippen LogP contribution >= 0.6 is 0 Å². The van der Waals surface area contributed by atoms with E-state index in [4.69, 9.17) is 0 Å². The first-order valence-corrected chi connectivity index (χ1v) is 4.04. The van der Waals surface area contributed by atoms with Crippen LogP contribution in [0, 0.1) is 5.92 Å². The number of carbonyl (C=O) groups is 1. The summed E-state index contributed by atoms with van der Waals surface area (Å²) >= 11 is 0. The highest BCUT2D eigenvalue weighted by molar-refractivity contribution is 5.84. The zero-order valence-electron chi connectivity index (χ0n) is 6.34. The maximum absolute atomic E-state index is 11.1. The summed E-state index contributed by atoms with van der Waals surface area (Å²) in [6.07, 6.45) is 2.64. The fourth-order valence-electron chi connectivity index (χ4n) is 1.59. The Kier molecular flexibility index (Phi) is 1.31. The summed E-state index contributed by atoms with van der Waals surface area (Å²) in [7, 11) is 0. The molecule has 1 aliphatic carbocycles. The molecular weight excluding hydrogens is 126 g/mol. The molecule has 56 valence electrons. The van der Waals surface area contributed by atoms with Crippen LogP contribution in [0.5, 0.6) is 0 Å². The number of likely N-dealkylation sites (tertiary alicyclic amines) is 1. The Morgan fingerprint density at radius 1 is 1.50 bits per heavy atom. The van der Waals surface area contributed by atoms with Crippen LogP contribution in [0.4, 0.5) is 0 Å². The van der Waals surface area contributed by atoms with Gasteiger partial charge in [0.05, 0.1) is 6.54 Å². The normalized spacial score (nSPS) is 35.3. The average molecular weight is 139 g/mol. The molecule has 0 aromatic heterocycles. The van der Waals surface area contributed by atoms with Crippen LogP contribution in [0.15, 0.2) is 0 Å². The zero-order chi connectivity index (χ0) is 7.14. The fourth-order valence-corrected chi connectivity index (χ4v) is 1.59. The Labute approximate surface area is 61.2 Å². The van der Waals surface area contributed by atoms with Crippen molar-refractivity contribution in [3.8, 4) is 0 Å². The van der Waals surface area contributed by atoms with Crippen LogP contribution in [0.1, 0.15) is 19.8 Å². The lowest BCUT2D eigenvalue weighted by Crippen LogP contribution is -2.22. The van der Waals surface area contributed by atoms with Crippen LogP contribution in [0.25, 0.3) is 0 Å². The van der Waals surface area contributed by atoms with Crippen LogP contribution in [0.3, 0.4) is 0 Å². The Balaban J connectivity index is 1.97. The van der Waals surface area contributed by atoms with Gasteiger partial charge in [0.25, 0.3) is 0 Å². The SMILES string of the molecule is C[C@H]1CN(C2CC2)CC1=O. The number of hydrogen-bond donors (Lipinski definition) is 0. The van der Waals surface area contributed by atoms with Gasteiger partial charge in [0.2, 0.25) is 0 Å². The number of carbonyl (C=O) groups excluding carboxylic acids is 1. The third-order valence-electron chi connectivity index (χ3n) is 2.48. The molecule has 0 bridgehead atoms. The van der Waals surface area contributed by atoms with Crippen LogP contribution < -0.4 is 0 Å². The van der Waals surface area contributed by atoms with Gasteiger partial charge in [-0.2, -0.15) is 0 Å².